The molecule has 4 aromatic heterocycles. The van der Waals surface area contributed by atoms with Gasteiger partial charge in [0.15, 0.2) is 6.73 Å². The average molecular weight is 616 g/mol. The first-order valence-electron chi connectivity index (χ1n) is 13.4. The minimum atomic E-state index is -3.76. The molecule has 0 aliphatic carbocycles. The number of nitrogens with one attached hydrogen (secondary N) is 1. The molecule has 0 unspecified atom stereocenters. The van der Waals surface area contributed by atoms with Gasteiger partial charge in [-0.25, -0.2) is 22.8 Å². The number of sulfonamides is 1. The van der Waals surface area contributed by atoms with E-state index in [0.717, 1.165) is 16.6 Å². The summed E-state index contributed by atoms with van der Waals surface area (Å²) in [5.74, 6) is -0.940. The topological polar surface area (TPSA) is 120 Å². The molecular formula is C31H23F2N5O5S. The van der Waals surface area contributed by atoms with Gasteiger partial charge in [-0.1, -0.05) is 6.07 Å². The van der Waals surface area contributed by atoms with E-state index in [1.54, 1.807) is 36.4 Å². The van der Waals surface area contributed by atoms with Crippen LogP contribution in [0.1, 0.15) is 10.4 Å². The summed E-state index contributed by atoms with van der Waals surface area (Å²) in [6.07, 6.45) is 2.31. The van der Waals surface area contributed by atoms with Gasteiger partial charge in [-0.05, 0) is 48.5 Å². The maximum atomic E-state index is 14.7. The van der Waals surface area contributed by atoms with Crippen LogP contribution in [-0.4, -0.2) is 49.2 Å². The highest BCUT2D eigenvalue weighted by molar-refractivity contribution is 7.92. The molecule has 2 aromatic carbocycles. The summed E-state index contributed by atoms with van der Waals surface area (Å²) in [4.78, 5) is 21.7. The van der Waals surface area contributed by atoms with Crippen LogP contribution >= 0.6 is 0 Å². The number of carbonyl (C=O) groups is 1. The van der Waals surface area contributed by atoms with Crippen LogP contribution in [-0.2, 0) is 16.8 Å². The number of nitrogens with zero attached hydrogens (tertiary/aromatic N) is 4. The Hall–Kier alpha value is -5.30. The fourth-order valence-electron chi connectivity index (χ4n) is 5.45. The van der Waals surface area contributed by atoms with E-state index < -0.39 is 21.9 Å². The van der Waals surface area contributed by atoms with Crippen LogP contribution in [0.5, 0.6) is 5.75 Å². The van der Waals surface area contributed by atoms with Gasteiger partial charge in [0.1, 0.15) is 28.6 Å². The van der Waals surface area contributed by atoms with Gasteiger partial charge in [0, 0.05) is 48.3 Å². The van der Waals surface area contributed by atoms with E-state index in [4.69, 9.17) is 14.1 Å². The zero-order chi connectivity index (χ0) is 30.9. The Balaban J connectivity index is 1.50. The van der Waals surface area contributed by atoms with E-state index in [-0.39, 0.29) is 35.1 Å². The van der Waals surface area contributed by atoms with Crippen LogP contribution in [0.25, 0.3) is 55.8 Å². The van der Waals surface area contributed by atoms with Gasteiger partial charge < -0.3 is 19.0 Å². The van der Waals surface area contributed by atoms with Crippen molar-refractivity contribution in [1.82, 2.24) is 19.9 Å². The number of benzene rings is 2. The molecule has 6 aromatic rings. The van der Waals surface area contributed by atoms with Crippen LogP contribution < -0.4 is 14.4 Å². The molecule has 44 heavy (non-hydrogen) atoms. The number of pyridine rings is 2. The molecule has 10 nitrogen and oxygen atoms in total. The van der Waals surface area contributed by atoms with Crippen molar-refractivity contribution in [2.75, 3.05) is 24.7 Å². The molecule has 0 saturated heterocycles. The summed E-state index contributed by atoms with van der Waals surface area (Å²) >= 11 is 0. The second-order valence-electron chi connectivity index (χ2n) is 10.3. The van der Waals surface area contributed by atoms with Crippen molar-refractivity contribution in [3.63, 3.8) is 0 Å². The Morgan fingerprint density at radius 3 is 2.61 bits per heavy atom. The quantitative estimate of drug-likeness (QED) is 0.252. The number of aromatic nitrogens is 3. The van der Waals surface area contributed by atoms with Crippen molar-refractivity contribution >= 4 is 43.5 Å². The predicted octanol–water partition coefficient (Wildman–Crippen LogP) is 5.56. The van der Waals surface area contributed by atoms with Crippen molar-refractivity contribution in [2.24, 2.45) is 0 Å². The summed E-state index contributed by atoms with van der Waals surface area (Å²) in [7, 11) is -0.898. The summed E-state index contributed by atoms with van der Waals surface area (Å²) in [5, 5.41) is 3.40. The normalized spacial score (nSPS) is 12.6. The van der Waals surface area contributed by atoms with E-state index in [0.29, 0.717) is 50.2 Å². The van der Waals surface area contributed by atoms with E-state index in [2.05, 4.69) is 10.3 Å². The molecular weight excluding hydrogens is 592 g/mol. The second kappa shape index (κ2) is 9.88. The van der Waals surface area contributed by atoms with Crippen LogP contribution in [0.3, 0.4) is 0 Å². The molecule has 13 heteroatoms. The van der Waals surface area contributed by atoms with Gasteiger partial charge in [-0.3, -0.25) is 9.10 Å². The summed E-state index contributed by atoms with van der Waals surface area (Å²) in [5.41, 5.74) is 3.42. The van der Waals surface area contributed by atoms with Crippen molar-refractivity contribution in [3.8, 4) is 39.7 Å². The summed E-state index contributed by atoms with van der Waals surface area (Å²) in [6.45, 7) is 0.163. The minimum absolute atomic E-state index is 0.135. The smallest absolute Gasteiger partial charge is 0.255 e. The molecule has 0 atom stereocenters. The number of fused-ring (bicyclic) bond motifs is 6. The molecule has 1 amide bonds. The number of hydrogen-bond donors (Lipinski definition) is 1. The Morgan fingerprint density at radius 1 is 1.07 bits per heavy atom. The number of amides is 1. The number of ether oxygens (including phenoxy) is 1. The number of halogens is 2. The lowest BCUT2D eigenvalue weighted by molar-refractivity contribution is 0.0964. The van der Waals surface area contributed by atoms with Gasteiger partial charge in [-0.2, -0.15) is 4.39 Å². The molecule has 5 heterocycles. The maximum Gasteiger partial charge on any atom is 0.255 e. The van der Waals surface area contributed by atoms with Crippen molar-refractivity contribution in [1.29, 1.82) is 0 Å². The van der Waals surface area contributed by atoms with E-state index in [1.165, 1.54) is 38.5 Å². The Labute approximate surface area is 249 Å². The fraction of sp³-hybridized carbons (Fsp3) is 0.129. The van der Waals surface area contributed by atoms with Crippen molar-refractivity contribution in [2.45, 2.75) is 6.73 Å². The van der Waals surface area contributed by atoms with Gasteiger partial charge in [0.2, 0.25) is 16.0 Å². The minimum Gasteiger partial charge on any atom is -0.470 e. The van der Waals surface area contributed by atoms with E-state index in [1.807, 2.05) is 4.57 Å². The fourth-order valence-corrected chi connectivity index (χ4v) is 5.96. The van der Waals surface area contributed by atoms with Crippen LogP contribution in [0.15, 0.2) is 71.3 Å². The van der Waals surface area contributed by atoms with E-state index >= 15 is 0 Å². The molecule has 1 aliphatic rings. The summed E-state index contributed by atoms with van der Waals surface area (Å²) < 4.78 is 68.8. The predicted molar refractivity (Wildman–Crippen MR) is 161 cm³/mol. The summed E-state index contributed by atoms with van der Waals surface area (Å²) in [6, 6.07) is 15.6. The highest BCUT2D eigenvalue weighted by Gasteiger charge is 2.28. The first-order chi connectivity index (χ1) is 21.0. The highest BCUT2D eigenvalue weighted by Crippen LogP contribution is 2.43. The van der Waals surface area contributed by atoms with Gasteiger partial charge in [0.05, 0.1) is 34.4 Å². The maximum absolute atomic E-state index is 14.7. The third-order valence-corrected chi connectivity index (χ3v) is 8.90. The molecule has 0 spiro atoms. The van der Waals surface area contributed by atoms with Gasteiger partial charge in [0.25, 0.3) is 5.91 Å². The lowest BCUT2D eigenvalue weighted by atomic mass is 10.0. The third kappa shape index (κ3) is 4.27. The van der Waals surface area contributed by atoms with Crippen LogP contribution in [0.2, 0.25) is 0 Å². The standard InChI is InChI=1S/C31H23F2N5O5S/c1-34-31(39)28-19-11-18(23(37(2)44(3,40)41)13-26(19)43-30(28)16-7-10-27(33)35-14-16)21-8-9-25-29(36-21)24-12-17-20(32)5-4-6-22(17)38(24)15-42-25/h4-14H,15H2,1-3H3,(H,34,39). The molecule has 1 N–H and O–H groups in total. The van der Waals surface area contributed by atoms with Gasteiger partial charge >= 0.3 is 0 Å². The monoisotopic (exact) mass is 615 g/mol. The molecule has 0 saturated carbocycles. The highest BCUT2D eigenvalue weighted by atomic mass is 32.2. The van der Waals surface area contributed by atoms with Crippen molar-refractivity contribution in [3.05, 3.63) is 84.2 Å². The lowest BCUT2D eigenvalue weighted by Gasteiger charge is -2.23. The Bertz CT molecular complexity index is 2260. The number of hydrogen-bond acceptors (Lipinski definition) is 7. The molecule has 1 aliphatic heterocycles. The number of furan rings is 1. The Morgan fingerprint density at radius 2 is 1.89 bits per heavy atom. The third-order valence-electron chi connectivity index (χ3n) is 7.71. The first kappa shape index (κ1) is 27.5. The van der Waals surface area contributed by atoms with Crippen LogP contribution in [0, 0.1) is 11.8 Å². The largest absolute Gasteiger partial charge is 0.470 e. The van der Waals surface area contributed by atoms with E-state index in [9.17, 15) is 22.0 Å². The second-order valence-corrected chi connectivity index (χ2v) is 12.3. The average Bonchev–Trinajstić information content (AvgIpc) is 3.59. The SMILES string of the molecule is CNC(=O)c1c(-c2ccc(F)nc2)oc2cc(N(C)S(C)(=O)=O)c(-c3ccc4c(n3)-c3cc5c(F)cccc5n3CO4)cc12. The first-order valence-corrected chi connectivity index (χ1v) is 15.2. The number of rotatable bonds is 5. The zero-order valence-corrected chi connectivity index (χ0v) is 24.4. The molecule has 222 valence electrons. The lowest BCUT2D eigenvalue weighted by Crippen LogP contribution is -2.25. The van der Waals surface area contributed by atoms with Gasteiger partial charge in [-0.15, -0.1) is 0 Å². The van der Waals surface area contributed by atoms with Crippen LogP contribution in [0.4, 0.5) is 14.5 Å². The molecule has 0 radical (unpaired) electrons. The molecule has 7 rings (SSSR count). The number of anilines is 1. The zero-order valence-electron chi connectivity index (χ0n) is 23.6. The molecule has 0 bridgehead atoms. The number of carbonyl (C=O) groups excluding carboxylic acids is 1. The Kier molecular flexibility index (Phi) is 6.18. The molecule has 0 fully saturated rings. The van der Waals surface area contributed by atoms with Crippen molar-refractivity contribution < 1.29 is 31.1 Å².